The molecule has 0 saturated heterocycles. The largest absolute Gasteiger partial charge is 0.508 e. The van der Waals surface area contributed by atoms with Gasteiger partial charge in [-0.1, -0.05) is 43.3 Å². The quantitative estimate of drug-likeness (QED) is 0.0595. The lowest BCUT2D eigenvalue weighted by molar-refractivity contribution is -0.171. The van der Waals surface area contributed by atoms with Crippen molar-refractivity contribution in [2.24, 2.45) is 35.3 Å². The molecule has 12 N–H and O–H groups in total. The first kappa shape index (κ1) is 54.8. The summed E-state index contributed by atoms with van der Waals surface area (Å²) in [6.07, 6.45) is 13.8. The van der Waals surface area contributed by atoms with Gasteiger partial charge in [-0.3, -0.25) is 10.1 Å². The SMILES string of the molecule is C/C=C(\C(=O)O[C@@H]1Cc2c3c(c4oc(CO)cc(=O)c4c2O)[C@H]2C4=CCNC(N)=C4[C@@H](CCc4ccc(O)cc4[C@H]2CO)[C@H]2CCC4=CC(NCC)NC=C4C[C@@H]2[C@]1(C)O3)[C@]1(O)CC[C@H](c2ccc3c(c2)[C@@]2(O)C[C@H](CO)C[C@H]2CC3)C1. The molecule has 0 amide bonds. The molecule has 1 aromatic heterocycles. The normalized spacial score (nSPS) is 33.6. The molecule has 4 aromatic rings. The Morgan fingerprint density at radius 2 is 1.78 bits per heavy atom. The molecule has 16 heteroatoms. The number of nitrogens with two attached hydrogens (primary N) is 1. The number of aliphatic hydroxyl groups is 5. The van der Waals surface area contributed by atoms with E-state index in [0.717, 1.165) is 70.8 Å². The number of rotatable bonds is 9. The minimum Gasteiger partial charge on any atom is -0.508 e. The van der Waals surface area contributed by atoms with Crippen molar-refractivity contribution in [2.45, 2.75) is 158 Å². The molecule has 0 spiro atoms. The Morgan fingerprint density at radius 1 is 0.963 bits per heavy atom. The van der Waals surface area contributed by atoms with E-state index in [2.05, 4.69) is 59.4 Å². The Morgan fingerprint density at radius 3 is 2.56 bits per heavy atom. The second-order valence-corrected chi connectivity index (χ2v) is 25.4. The predicted molar refractivity (Wildman–Crippen MR) is 307 cm³/mol. The molecule has 3 aromatic carbocycles. The number of aromatic hydroxyl groups is 2. The second kappa shape index (κ2) is 20.7. The molecule has 5 heterocycles. The molecule has 13 rings (SSSR count). The molecule has 16 nitrogen and oxygen atoms in total. The topological polar surface area (TPSA) is 269 Å². The highest BCUT2D eigenvalue weighted by Crippen LogP contribution is 2.62. The average molecular weight is 1120 g/mol. The van der Waals surface area contributed by atoms with Crippen LogP contribution in [0.2, 0.25) is 0 Å². The molecule has 13 atom stereocenters. The van der Waals surface area contributed by atoms with Crippen LogP contribution < -0.4 is 31.8 Å². The number of esters is 1. The number of hydrogen-bond donors (Lipinski definition) is 11. The van der Waals surface area contributed by atoms with Crippen LogP contribution in [0.1, 0.15) is 147 Å². The van der Waals surface area contributed by atoms with Crippen LogP contribution in [0, 0.1) is 29.6 Å². The van der Waals surface area contributed by atoms with Gasteiger partial charge < -0.3 is 66.0 Å². The number of carbonyl (C=O) groups is 1. The monoisotopic (exact) mass is 1120 g/mol. The van der Waals surface area contributed by atoms with E-state index < -0.39 is 71.0 Å². The van der Waals surface area contributed by atoms with Gasteiger partial charge in [0.15, 0.2) is 5.43 Å². The molecular formula is C66H78N4O12. The van der Waals surface area contributed by atoms with Gasteiger partial charge in [0.05, 0.1) is 29.5 Å². The van der Waals surface area contributed by atoms with Crippen LogP contribution in [0.5, 0.6) is 17.2 Å². The molecule has 82 heavy (non-hydrogen) atoms. The second-order valence-electron chi connectivity index (χ2n) is 25.4. The Hall–Kier alpha value is -6.40. The third-order valence-electron chi connectivity index (χ3n) is 21.2. The standard InChI is InChI=1S/C66H78N4O12/c1-4-49(65(78)18-16-38(28-65)36-7-6-35-8-12-40-20-33(30-71)27-66(40,79)50(35)21-36)63(77)81-53-26-47-59(76)57-52(75)25-42(31-72)80-61(57)58-55-45-17-19-69-62(67)56(45)44(15-10-34-9-13-41(74)24-46(34)48(55)32-73)43-14-11-37-23-54(68-5-2)70-29-39(37)22-51(43)64(53,3)82-60(47)58/h4,6-7,9,13,17,21,23-25,29,33,38,40,43-44,48,51,53-55,68-74,76,78-79H,5,8,10-12,14-16,18-20,22,26-28,30-32,67H2,1-3H3/b49-4+/t33-,38+,40-,43-,44+,48-,51+,53-,54?,55+,64+,65+,66-/m1/s1. The van der Waals surface area contributed by atoms with Crippen LogP contribution in [0.25, 0.3) is 11.0 Å². The van der Waals surface area contributed by atoms with E-state index in [9.17, 15) is 40.5 Å². The summed E-state index contributed by atoms with van der Waals surface area (Å²) in [5.74, 6) is -3.16. The van der Waals surface area contributed by atoms with Gasteiger partial charge in [0.2, 0.25) is 0 Å². The number of fused-ring (bicyclic) bond motifs is 12. The number of phenolic OH excluding ortho intramolecular Hbond substituents is 2. The number of aliphatic hydroxyl groups excluding tert-OH is 3. The number of ether oxygens (including phenoxy) is 2. The number of dihydropyridines is 2. The molecule has 4 aliphatic heterocycles. The highest BCUT2D eigenvalue weighted by atomic mass is 16.6. The van der Waals surface area contributed by atoms with Crippen molar-refractivity contribution in [3.8, 4) is 17.2 Å². The highest BCUT2D eigenvalue weighted by Gasteiger charge is 2.59. The minimum atomic E-state index is -1.59. The van der Waals surface area contributed by atoms with Gasteiger partial charge in [0, 0.05) is 60.7 Å². The summed E-state index contributed by atoms with van der Waals surface area (Å²) >= 11 is 0. The van der Waals surface area contributed by atoms with E-state index in [4.69, 9.17) is 19.6 Å². The van der Waals surface area contributed by atoms with Crippen molar-refractivity contribution < 1.29 is 54.4 Å². The number of likely N-dealkylation sites (N-methyl/N-ethyl adjacent to an activating group) is 1. The lowest BCUT2D eigenvalue weighted by Gasteiger charge is -2.52. The fraction of sp³-hybridized carbons (Fsp3) is 0.515. The lowest BCUT2D eigenvalue weighted by atomic mass is 9.61. The number of phenols is 2. The van der Waals surface area contributed by atoms with Crippen LogP contribution >= 0.6 is 0 Å². The zero-order valence-corrected chi connectivity index (χ0v) is 47.1. The zero-order chi connectivity index (χ0) is 57.1. The molecular weight excluding hydrogens is 1040 g/mol. The van der Waals surface area contributed by atoms with Crippen molar-refractivity contribution in [2.75, 3.05) is 26.3 Å². The Bertz CT molecular complexity index is 3510. The van der Waals surface area contributed by atoms with Gasteiger partial charge in [-0.05, 0) is 195 Å². The third-order valence-corrected chi connectivity index (χ3v) is 21.2. The van der Waals surface area contributed by atoms with Crippen molar-refractivity contribution >= 4 is 16.9 Å². The lowest BCUT2D eigenvalue weighted by Crippen LogP contribution is -2.59. The van der Waals surface area contributed by atoms with E-state index >= 15 is 4.79 Å². The van der Waals surface area contributed by atoms with E-state index in [1.807, 2.05) is 13.0 Å². The number of carbonyl (C=O) groups excluding carboxylic acids is 1. The van der Waals surface area contributed by atoms with Crippen molar-refractivity contribution in [1.29, 1.82) is 0 Å². The summed E-state index contributed by atoms with van der Waals surface area (Å²) in [6, 6.07) is 12.7. The molecule has 4 bridgehead atoms. The number of nitrogens with one attached hydrogen (secondary N) is 3. The van der Waals surface area contributed by atoms with E-state index in [1.165, 1.54) is 5.57 Å². The highest BCUT2D eigenvalue weighted by molar-refractivity contribution is 5.93. The maximum atomic E-state index is 15.6. The van der Waals surface area contributed by atoms with Gasteiger partial charge >= 0.3 is 5.97 Å². The van der Waals surface area contributed by atoms with Gasteiger partial charge in [0.25, 0.3) is 0 Å². The summed E-state index contributed by atoms with van der Waals surface area (Å²) in [5, 5.41) is 92.4. The fourth-order valence-electron chi connectivity index (χ4n) is 17.3. The van der Waals surface area contributed by atoms with Crippen LogP contribution in [0.4, 0.5) is 0 Å². The fourth-order valence-corrected chi connectivity index (χ4v) is 17.3. The van der Waals surface area contributed by atoms with Crippen LogP contribution in [0.15, 0.2) is 110 Å². The number of hydrogen-bond acceptors (Lipinski definition) is 16. The third kappa shape index (κ3) is 8.66. The van der Waals surface area contributed by atoms with Crippen LogP contribution in [-0.2, 0) is 41.0 Å². The first-order valence-corrected chi connectivity index (χ1v) is 30.0. The first-order chi connectivity index (χ1) is 39.5. The number of aryl methyl sites for hydroxylation is 2. The van der Waals surface area contributed by atoms with Crippen molar-refractivity contribution in [3.63, 3.8) is 0 Å². The average Bonchev–Trinajstić information content (AvgIpc) is 2.69. The van der Waals surface area contributed by atoms with E-state index in [1.54, 1.807) is 25.1 Å². The number of benzene rings is 3. The Kier molecular flexibility index (Phi) is 13.9. The van der Waals surface area contributed by atoms with Gasteiger partial charge in [-0.2, -0.15) is 0 Å². The minimum absolute atomic E-state index is 0.0133. The van der Waals surface area contributed by atoms with E-state index in [-0.39, 0.29) is 101 Å². The zero-order valence-electron chi connectivity index (χ0n) is 47.1. The number of allylic oxidation sites excluding steroid dienone is 5. The summed E-state index contributed by atoms with van der Waals surface area (Å²) in [5.41, 5.74) is 11.8. The van der Waals surface area contributed by atoms with E-state index in [0.29, 0.717) is 68.4 Å². The van der Waals surface area contributed by atoms with Crippen LogP contribution in [-0.4, -0.2) is 91.5 Å². The maximum Gasteiger partial charge on any atom is 0.337 e. The van der Waals surface area contributed by atoms with Crippen molar-refractivity contribution in [1.82, 2.24) is 16.0 Å². The summed E-state index contributed by atoms with van der Waals surface area (Å²) in [6.45, 7) is 5.87. The summed E-state index contributed by atoms with van der Waals surface area (Å²) in [7, 11) is 0. The first-order valence-electron chi connectivity index (χ1n) is 30.0. The molecule has 3 saturated carbocycles. The van der Waals surface area contributed by atoms with Gasteiger partial charge in [-0.15, -0.1) is 0 Å². The Balaban J connectivity index is 0.975. The van der Waals surface area contributed by atoms with Crippen molar-refractivity contribution in [3.05, 3.63) is 156 Å². The molecule has 1 unspecified atom stereocenters. The maximum absolute atomic E-state index is 15.6. The Labute approximate surface area is 477 Å². The smallest absolute Gasteiger partial charge is 0.337 e. The van der Waals surface area contributed by atoms with Gasteiger partial charge in [0.1, 0.15) is 58.1 Å². The van der Waals surface area contributed by atoms with Crippen LogP contribution in [0.3, 0.4) is 0 Å². The predicted octanol–water partition coefficient (Wildman–Crippen LogP) is 7.00. The summed E-state index contributed by atoms with van der Waals surface area (Å²) in [4.78, 5) is 30.2. The van der Waals surface area contributed by atoms with Gasteiger partial charge in [-0.25, -0.2) is 4.79 Å². The molecule has 3 fully saturated rings. The molecule has 9 aliphatic rings. The molecule has 0 radical (unpaired) electrons. The summed E-state index contributed by atoms with van der Waals surface area (Å²) < 4.78 is 21.4. The molecule has 434 valence electrons. The molecule has 5 aliphatic carbocycles.